The molecule has 31 heavy (non-hydrogen) atoms. The summed E-state index contributed by atoms with van der Waals surface area (Å²) in [6, 6.07) is 8.11. The highest BCUT2D eigenvalue weighted by molar-refractivity contribution is 6.01. The van der Waals surface area contributed by atoms with Gasteiger partial charge in [-0.15, -0.1) is 0 Å². The van der Waals surface area contributed by atoms with E-state index in [1.165, 1.54) is 44.4 Å². The second-order valence-corrected chi connectivity index (χ2v) is 6.90. The predicted octanol–water partition coefficient (Wildman–Crippen LogP) is 3.69. The molecule has 1 N–H and O–H groups in total. The van der Waals surface area contributed by atoms with Gasteiger partial charge in [0.2, 0.25) is 5.91 Å². The zero-order valence-electron chi connectivity index (χ0n) is 17.0. The van der Waals surface area contributed by atoms with Gasteiger partial charge in [0.05, 0.1) is 18.4 Å². The molecule has 1 unspecified atom stereocenters. The van der Waals surface area contributed by atoms with Crippen molar-refractivity contribution < 1.29 is 37.0 Å². The smallest absolute Gasteiger partial charge is 0.416 e. The van der Waals surface area contributed by atoms with Crippen molar-refractivity contribution in [3.63, 3.8) is 0 Å². The van der Waals surface area contributed by atoms with Crippen LogP contribution in [0, 0.1) is 0 Å². The van der Waals surface area contributed by atoms with Crippen LogP contribution in [0.15, 0.2) is 42.5 Å². The second kappa shape index (κ2) is 8.84. The van der Waals surface area contributed by atoms with Crippen LogP contribution in [0.25, 0.3) is 0 Å². The van der Waals surface area contributed by atoms with Crippen molar-refractivity contribution >= 4 is 17.5 Å². The summed E-state index contributed by atoms with van der Waals surface area (Å²) in [5, 5.41) is 2.71. The fraction of sp³-hybridized carbons (Fsp3) is 0.333. The van der Waals surface area contributed by atoms with Gasteiger partial charge in [-0.1, -0.05) is 0 Å². The maximum Gasteiger partial charge on any atom is 0.416 e. The van der Waals surface area contributed by atoms with Crippen molar-refractivity contribution in [2.45, 2.75) is 24.7 Å². The van der Waals surface area contributed by atoms with Crippen LogP contribution in [0.1, 0.15) is 12.0 Å². The number of benzene rings is 2. The SMILES string of the molecule is COc1ccc(Oc2ccc(C(F)(F)F)cc2)cc1NC(=O)[C@@H]1CC(OC)C(=O)N1C. The van der Waals surface area contributed by atoms with Gasteiger partial charge in [0.25, 0.3) is 5.91 Å². The summed E-state index contributed by atoms with van der Waals surface area (Å²) in [5.74, 6) is 0.110. The summed E-state index contributed by atoms with van der Waals surface area (Å²) in [6.45, 7) is 0. The quantitative estimate of drug-likeness (QED) is 0.745. The first-order valence-corrected chi connectivity index (χ1v) is 9.27. The molecule has 166 valence electrons. The summed E-state index contributed by atoms with van der Waals surface area (Å²) < 4.78 is 54.1. The van der Waals surface area contributed by atoms with Crippen LogP contribution in [0.5, 0.6) is 17.2 Å². The number of ether oxygens (including phenoxy) is 3. The number of hydrogen-bond acceptors (Lipinski definition) is 5. The van der Waals surface area contributed by atoms with Crippen molar-refractivity contribution in [3.8, 4) is 17.2 Å². The number of likely N-dealkylation sites (tertiary alicyclic amines) is 1. The number of likely N-dealkylation sites (N-methyl/N-ethyl adjacent to an activating group) is 1. The van der Waals surface area contributed by atoms with Crippen LogP contribution in [0.2, 0.25) is 0 Å². The van der Waals surface area contributed by atoms with E-state index >= 15 is 0 Å². The van der Waals surface area contributed by atoms with Crippen LogP contribution in [-0.4, -0.2) is 50.1 Å². The summed E-state index contributed by atoms with van der Waals surface area (Å²) in [5.41, 5.74) is -0.495. The van der Waals surface area contributed by atoms with E-state index in [-0.39, 0.29) is 23.8 Å². The molecule has 1 heterocycles. The van der Waals surface area contributed by atoms with Crippen LogP contribution < -0.4 is 14.8 Å². The van der Waals surface area contributed by atoms with E-state index in [4.69, 9.17) is 14.2 Å². The summed E-state index contributed by atoms with van der Waals surface area (Å²) in [4.78, 5) is 26.1. The first-order chi connectivity index (χ1) is 14.6. The molecule has 7 nitrogen and oxygen atoms in total. The fourth-order valence-electron chi connectivity index (χ4n) is 3.23. The van der Waals surface area contributed by atoms with Gasteiger partial charge in [-0.25, -0.2) is 0 Å². The molecule has 0 radical (unpaired) electrons. The van der Waals surface area contributed by atoms with Crippen molar-refractivity contribution in [1.82, 2.24) is 4.90 Å². The monoisotopic (exact) mass is 438 g/mol. The standard InChI is InChI=1S/C21H21F3N2O5/c1-26-16(11-18(30-3)20(26)28)19(27)25-15-10-14(8-9-17(15)29-2)31-13-6-4-12(5-7-13)21(22,23)24/h4-10,16,18H,11H2,1-3H3,(H,25,27)/t16-,18?/m0/s1. The first-order valence-electron chi connectivity index (χ1n) is 9.27. The van der Waals surface area contributed by atoms with Gasteiger partial charge in [-0.2, -0.15) is 13.2 Å². The van der Waals surface area contributed by atoms with Gasteiger partial charge in [0.1, 0.15) is 29.4 Å². The minimum absolute atomic E-state index is 0.194. The van der Waals surface area contributed by atoms with Gasteiger partial charge in [-0.05, 0) is 36.4 Å². The number of rotatable bonds is 6. The van der Waals surface area contributed by atoms with E-state index < -0.39 is 29.8 Å². The lowest BCUT2D eigenvalue weighted by Gasteiger charge is -2.20. The number of halogens is 3. The Morgan fingerprint density at radius 2 is 1.74 bits per heavy atom. The average Bonchev–Trinajstić information content (AvgIpc) is 3.02. The molecule has 2 aromatic rings. The first kappa shape index (κ1) is 22.4. The number of carbonyl (C=O) groups is 2. The molecule has 1 fully saturated rings. The number of hydrogen-bond donors (Lipinski definition) is 1. The molecule has 0 aromatic heterocycles. The number of carbonyl (C=O) groups excluding carboxylic acids is 2. The lowest BCUT2D eigenvalue weighted by Crippen LogP contribution is -2.39. The third-order valence-corrected chi connectivity index (χ3v) is 4.96. The molecule has 0 spiro atoms. The van der Waals surface area contributed by atoms with E-state index in [2.05, 4.69) is 5.32 Å². The van der Waals surface area contributed by atoms with Crippen molar-refractivity contribution in [3.05, 3.63) is 48.0 Å². The van der Waals surface area contributed by atoms with E-state index in [1.54, 1.807) is 12.1 Å². The summed E-state index contributed by atoms with van der Waals surface area (Å²) >= 11 is 0. The number of nitrogens with zero attached hydrogens (tertiary/aromatic N) is 1. The highest BCUT2D eigenvalue weighted by atomic mass is 19.4. The summed E-state index contributed by atoms with van der Waals surface area (Å²) in [7, 11) is 4.35. The van der Waals surface area contributed by atoms with E-state index in [1.807, 2.05) is 0 Å². The minimum atomic E-state index is -4.44. The number of methoxy groups -OCH3 is 2. The molecular weight excluding hydrogens is 417 g/mol. The van der Waals surface area contributed by atoms with Crippen LogP contribution in [-0.2, 0) is 20.5 Å². The molecule has 0 saturated carbocycles. The van der Waals surface area contributed by atoms with E-state index in [9.17, 15) is 22.8 Å². The Kier molecular flexibility index (Phi) is 6.40. The number of amides is 2. The molecule has 0 aliphatic carbocycles. The van der Waals surface area contributed by atoms with Gasteiger partial charge >= 0.3 is 6.18 Å². The zero-order valence-corrected chi connectivity index (χ0v) is 17.0. The normalized spacial score (nSPS) is 18.8. The minimum Gasteiger partial charge on any atom is -0.495 e. The van der Waals surface area contributed by atoms with Gasteiger partial charge in [0, 0.05) is 26.6 Å². The Labute approximate surface area is 176 Å². The van der Waals surface area contributed by atoms with Crippen molar-refractivity contribution in [2.24, 2.45) is 0 Å². The topological polar surface area (TPSA) is 77.1 Å². The molecule has 2 atom stereocenters. The van der Waals surface area contributed by atoms with Gasteiger partial charge < -0.3 is 24.4 Å². The van der Waals surface area contributed by atoms with Crippen LogP contribution >= 0.6 is 0 Å². The van der Waals surface area contributed by atoms with E-state index in [0.29, 0.717) is 11.4 Å². The average molecular weight is 438 g/mol. The molecule has 1 aliphatic rings. The van der Waals surface area contributed by atoms with Crippen molar-refractivity contribution in [2.75, 3.05) is 26.6 Å². The third kappa shape index (κ3) is 4.91. The zero-order chi connectivity index (χ0) is 22.8. The van der Waals surface area contributed by atoms with Crippen LogP contribution in [0.3, 0.4) is 0 Å². The maximum atomic E-state index is 12.7. The Morgan fingerprint density at radius 3 is 2.29 bits per heavy atom. The molecule has 10 heteroatoms. The van der Waals surface area contributed by atoms with Gasteiger partial charge in [0.15, 0.2) is 0 Å². The lowest BCUT2D eigenvalue weighted by molar-refractivity contribution is -0.137. The number of nitrogens with one attached hydrogen (secondary N) is 1. The Bertz CT molecular complexity index is 962. The third-order valence-electron chi connectivity index (χ3n) is 4.96. The molecular formula is C21H21F3N2O5. The largest absolute Gasteiger partial charge is 0.495 e. The highest BCUT2D eigenvalue weighted by Crippen LogP contribution is 2.34. The Morgan fingerprint density at radius 1 is 1.10 bits per heavy atom. The molecule has 2 aromatic carbocycles. The second-order valence-electron chi connectivity index (χ2n) is 6.90. The lowest BCUT2D eigenvalue weighted by atomic mass is 10.1. The highest BCUT2D eigenvalue weighted by Gasteiger charge is 2.41. The molecule has 1 saturated heterocycles. The fourth-order valence-corrected chi connectivity index (χ4v) is 3.23. The van der Waals surface area contributed by atoms with Crippen LogP contribution in [0.4, 0.5) is 18.9 Å². The molecule has 2 amide bonds. The molecule has 0 bridgehead atoms. The summed E-state index contributed by atoms with van der Waals surface area (Å²) in [6.07, 6.45) is -4.91. The number of alkyl halides is 3. The Balaban J connectivity index is 1.76. The molecule has 1 aliphatic heterocycles. The van der Waals surface area contributed by atoms with E-state index in [0.717, 1.165) is 12.1 Å². The predicted molar refractivity (Wildman–Crippen MR) is 105 cm³/mol. The maximum absolute atomic E-state index is 12.7. The number of anilines is 1. The Hall–Kier alpha value is -3.27. The molecule has 3 rings (SSSR count). The van der Waals surface area contributed by atoms with Crippen molar-refractivity contribution in [1.29, 1.82) is 0 Å². The van der Waals surface area contributed by atoms with Gasteiger partial charge in [-0.3, -0.25) is 9.59 Å².